The Labute approximate surface area is 330 Å². The first kappa shape index (κ1) is 48.8. The molecule has 5 rings (SSSR count). The number of carbonyl (C=O) groups is 2. The smallest absolute Gasteiger partial charge is 0.282 e. The van der Waals surface area contributed by atoms with Gasteiger partial charge in [-0.25, -0.2) is 8.78 Å². The van der Waals surface area contributed by atoms with Crippen LogP contribution in [-0.4, -0.2) is 49.4 Å². The normalized spacial score (nSPS) is 14.7. The molecule has 0 unspecified atom stereocenters. The van der Waals surface area contributed by atoms with Crippen LogP contribution in [0, 0.1) is 5.92 Å². The second kappa shape index (κ2) is 25.8. The second-order valence-corrected chi connectivity index (χ2v) is 13.3. The highest BCUT2D eigenvalue weighted by molar-refractivity contribution is 6.00. The van der Waals surface area contributed by atoms with Gasteiger partial charge < -0.3 is 5.11 Å². The number of aryl methyl sites for hydroxylation is 1. The molecular weight excluding hydrogens is 695 g/mol. The summed E-state index contributed by atoms with van der Waals surface area (Å²) in [5, 5.41) is 14.6. The van der Waals surface area contributed by atoms with Gasteiger partial charge in [0.1, 0.15) is 17.2 Å². The molecule has 9 heteroatoms. The molecule has 7 nitrogen and oxygen atoms in total. The summed E-state index contributed by atoms with van der Waals surface area (Å²) in [6.45, 7) is 26.2. The van der Waals surface area contributed by atoms with E-state index in [2.05, 4.69) is 41.0 Å². The molecule has 304 valence electrons. The number of benzene rings is 1. The van der Waals surface area contributed by atoms with Crippen LogP contribution in [0.2, 0.25) is 0 Å². The fraction of sp³-hybridized carbons (Fsp3) is 0.522. The number of aromatic hydroxyl groups is 1. The first-order valence-corrected chi connectivity index (χ1v) is 20.3. The van der Waals surface area contributed by atoms with Crippen molar-refractivity contribution in [3.05, 3.63) is 100 Å². The predicted molar refractivity (Wildman–Crippen MR) is 224 cm³/mol. The first-order valence-electron chi connectivity index (χ1n) is 20.3. The van der Waals surface area contributed by atoms with E-state index < -0.39 is 6.43 Å². The maximum atomic E-state index is 13.6. The number of alkyl halides is 2. The number of para-hydroxylation sites is 1. The number of ketones is 2. The summed E-state index contributed by atoms with van der Waals surface area (Å²) in [6, 6.07) is 11.1. The number of carbonyl (C=O) groups excluding carboxylic acids is 2. The number of aromatic nitrogens is 3. The first-order chi connectivity index (χ1) is 26.4. The third-order valence-electron chi connectivity index (χ3n) is 9.41. The van der Waals surface area contributed by atoms with Crippen LogP contribution >= 0.6 is 0 Å². The molecule has 2 aliphatic rings. The Kier molecular flexibility index (Phi) is 22.9. The van der Waals surface area contributed by atoms with Crippen LogP contribution in [0.1, 0.15) is 145 Å². The number of hydrogen-bond donors (Lipinski definition) is 1. The number of phenolic OH excluding ortho intramolecular Hbond substituents is 1. The van der Waals surface area contributed by atoms with Crippen LogP contribution in [0.3, 0.4) is 0 Å². The Morgan fingerprint density at radius 3 is 2.04 bits per heavy atom. The maximum absolute atomic E-state index is 13.6. The molecule has 2 fully saturated rings. The number of hydrogen-bond acceptors (Lipinski definition) is 6. The van der Waals surface area contributed by atoms with E-state index in [0.29, 0.717) is 35.7 Å². The standard InChI is InChI=1S/C21H22F2N4O.C15H24O.C6H10O.2C2H6/c1-2-14-6-5-8-17(20(14)28)18-13-27(25-19(18)21(22)23)16-11-26(12-16)10-15-7-3-4-9-24-15;1-7-11(4)10-13(6)15(12(5)8-2)14(16)9-3;1-2-6(7)5-3-4-5;2*1-2/h3-9,13,16,21,28H,2,10-12H2,1H3;7,10H,8-9H2,1-6H3;5H,2-4H2,1H3;2*1-2H3/b;11-7-,13-10-,15-12?;;;. The largest absolute Gasteiger partial charge is 0.507 e. The number of pyridine rings is 1. The maximum Gasteiger partial charge on any atom is 0.282 e. The van der Waals surface area contributed by atoms with Crippen molar-refractivity contribution in [3.8, 4) is 16.9 Å². The minimum atomic E-state index is -2.70. The van der Waals surface area contributed by atoms with Crippen molar-refractivity contribution in [1.29, 1.82) is 0 Å². The van der Waals surface area contributed by atoms with Gasteiger partial charge in [0, 0.05) is 67.5 Å². The lowest BCUT2D eigenvalue weighted by Crippen LogP contribution is -2.47. The van der Waals surface area contributed by atoms with E-state index in [9.17, 15) is 23.5 Å². The lowest BCUT2D eigenvalue weighted by molar-refractivity contribution is -0.120. The minimum absolute atomic E-state index is 0.0338. The molecule has 3 heterocycles. The summed E-state index contributed by atoms with van der Waals surface area (Å²) in [6.07, 6.45) is 10.0. The van der Waals surface area contributed by atoms with Crippen molar-refractivity contribution in [1.82, 2.24) is 19.7 Å². The molecule has 2 aromatic heterocycles. The summed E-state index contributed by atoms with van der Waals surface area (Å²) < 4.78 is 28.8. The summed E-state index contributed by atoms with van der Waals surface area (Å²) >= 11 is 0. The van der Waals surface area contributed by atoms with Crippen molar-refractivity contribution >= 4 is 11.6 Å². The number of phenols is 1. The highest BCUT2D eigenvalue weighted by Crippen LogP contribution is 2.38. The summed E-state index contributed by atoms with van der Waals surface area (Å²) in [4.78, 5) is 29.0. The zero-order valence-electron chi connectivity index (χ0n) is 35.7. The van der Waals surface area contributed by atoms with E-state index in [-0.39, 0.29) is 23.3 Å². The quantitative estimate of drug-likeness (QED) is 0.138. The Hall–Kier alpha value is -4.24. The molecule has 0 atom stereocenters. The van der Waals surface area contributed by atoms with Crippen LogP contribution in [0.25, 0.3) is 11.1 Å². The van der Waals surface area contributed by atoms with E-state index in [1.165, 1.54) is 11.1 Å². The number of likely N-dealkylation sites (tertiary alicyclic amines) is 1. The molecule has 1 aromatic carbocycles. The summed E-state index contributed by atoms with van der Waals surface area (Å²) in [5.74, 6) is 1.24. The minimum Gasteiger partial charge on any atom is -0.507 e. The highest BCUT2D eigenvalue weighted by atomic mass is 19.3. The van der Waals surface area contributed by atoms with E-state index >= 15 is 0 Å². The molecule has 1 saturated carbocycles. The zero-order chi connectivity index (χ0) is 41.7. The van der Waals surface area contributed by atoms with Crippen molar-refractivity contribution in [2.24, 2.45) is 5.92 Å². The third kappa shape index (κ3) is 15.1. The molecule has 55 heavy (non-hydrogen) atoms. The lowest BCUT2D eigenvalue weighted by Gasteiger charge is -2.38. The van der Waals surface area contributed by atoms with Crippen molar-refractivity contribution in [3.63, 3.8) is 0 Å². The molecule has 1 N–H and O–H groups in total. The van der Waals surface area contributed by atoms with Gasteiger partial charge in [-0.3, -0.25) is 24.2 Å². The van der Waals surface area contributed by atoms with E-state index in [4.69, 9.17) is 0 Å². The fourth-order valence-electron chi connectivity index (χ4n) is 5.95. The van der Waals surface area contributed by atoms with E-state index in [1.54, 1.807) is 35.3 Å². The molecule has 1 aliphatic heterocycles. The van der Waals surface area contributed by atoms with Gasteiger partial charge in [-0.05, 0) is 76.6 Å². The fourth-order valence-corrected chi connectivity index (χ4v) is 5.95. The molecule has 0 radical (unpaired) electrons. The Morgan fingerprint density at radius 1 is 0.909 bits per heavy atom. The number of nitrogens with zero attached hydrogens (tertiary/aromatic N) is 4. The average Bonchev–Trinajstić information content (AvgIpc) is 3.96. The van der Waals surface area contributed by atoms with Crippen LogP contribution in [0.4, 0.5) is 8.78 Å². The van der Waals surface area contributed by atoms with Crippen LogP contribution in [0.15, 0.2) is 83.2 Å². The van der Waals surface area contributed by atoms with Crippen LogP contribution < -0.4 is 0 Å². The van der Waals surface area contributed by atoms with Gasteiger partial charge >= 0.3 is 0 Å². The number of rotatable bonds is 13. The van der Waals surface area contributed by atoms with Crippen molar-refractivity contribution in [2.45, 2.75) is 141 Å². The molecule has 1 aliphatic carbocycles. The molecule has 1 saturated heterocycles. The SMILES string of the molecule is C/C=C(C)\C=C(\C)C(C(=O)CC)=C(C)CC.CC.CC.CCC(=O)C1CC1.CCc1cccc(-c2cn(C3CN(Cc4ccccn4)C3)nc2C(F)F)c1O. The lowest BCUT2D eigenvalue weighted by atomic mass is 9.94. The monoisotopic (exact) mass is 763 g/mol. The molecule has 3 aromatic rings. The van der Waals surface area contributed by atoms with Gasteiger partial charge in [0.05, 0.1) is 11.7 Å². The predicted octanol–water partition coefficient (Wildman–Crippen LogP) is 12.2. The molecule has 0 bridgehead atoms. The Bertz CT molecular complexity index is 1700. The second-order valence-electron chi connectivity index (χ2n) is 13.3. The van der Waals surface area contributed by atoms with Gasteiger partial charge in [-0.2, -0.15) is 5.10 Å². The van der Waals surface area contributed by atoms with Crippen LogP contribution in [-0.2, 0) is 22.6 Å². The highest BCUT2D eigenvalue weighted by Gasteiger charge is 2.32. The average molecular weight is 763 g/mol. The van der Waals surface area contributed by atoms with E-state index in [0.717, 1.165) is 67.7 Å². The summed E-state index contributed by atoms with van der Waals surface area (Å²) in [7, 11) is 0. The molecule has 0 amide bonds. The van der Waals surface area contributed by atoms with Gasteiger partial charge in [0.25, 0.3) is 6.43 Å². The molecular formula is C46H68F2N4O3. The topological polar surface area (TPSA) is 88.3 Å². The van der Waals surface area contributed by atoms with Crippen molar-refractivity contribution < 1.29 is 23.5 Å². The zero-order valence-corrected chi connectivity index (χ0v) is 35.7. The van der Waals surface area contributed by atoms with Gasteiger partial charge in [-0.15, -0.1) is 0 Å². The Balaban J connectivity index is 0.000000472. The number of allylic oxidation sites excluding steroid dienone is 6. The van der Waals surface area contributed by atoms with E-state index in [1.807, 2.05) is 87.4 Å². The van der Waals surface area contributed by atoms with Gasteiger partial charge in [0.15, 0.2) is 5.78 Å². The van der Waals surface area contributed by atoms with Crippen molar-refractivity contribution in [2.75, 3.05) is 13.1 Å². The Morgan fingerprint density at radius 2 is 1.56 bits per heavy atom. The third-order valence-corrected chi connectivity index (χ3v) is 9.41. The van der Waals surface area contributed by atoms with Crippen LogP contribution in [0.5, 0.6) is 5.75 Å². The van der Waals surface area contributed by atoms with Gasteiger partial charge in [0.2, 0.25) is 0 Å². The van der Waals surface area contributed by atoms with Gasteiger partial charge in [-0.1, -0.05) is 103 Å². The number of Topliss-reactive ketones (excluding diaryl/α,β-unsaturated/α-hetero) is 2. The summed E-state index contributed by atoms with van der Waals surface area (Å²) in [5.41, 5.74) is 6.52. The number of halogens is 2. The molecule has 0 spiro atoms.